The number of non-ortho nitro benzene ring substituents is 1. The third-order valence-corrected chi connectivity index (χ3v) is 3.51. The lowest BCUT2D eigenvalue weighted by molar-refractivity contribution is -0.384. The van der Waals surface area contributed by atoms with Crippen LogP contribution < -0.4 is 14.9 Å². The van der Waals surface area contributed by atoms with Crippen LogP contribution in [0, 0.1) is 10.1 Å². The standard InChI is InChI=1S/C15H10ClN3O5/c16-12-6-14-13(23-8-24-14)5-10(12)7-17-18-15(20)9-2-1-3-11(4-9)19(21)22/h1-7H,8H2,(H,18,20). The molecule has 0 saturated carbocycles. The highest BCUT2D eigenvalue weighted by Gasteiger charge is 2.16. The normalized spacial score (nSPS) is 12.4. The predicted octanol–water partition coefficient (Wildman–Crippen LogP) is 2.74. The molecule has 24 heavy (non-hydrogen) atoms. The number of rotatable bonds is 4. The van der Waals surface area contributed by atoms with E-state index in [1.807, 2.05) is 0 Å². The van der Waals surface area contributed by atoms with E-state index in [0.717, 1.165) is 0 Å². The second-order valence-electron chi connectivity index (χ2n) is 4.73. The van der Waals surface area contributed by atoms with Crippen LogP contribution in [0.15, 0.2) is 41.5 Å². The third-order valence-electron chi connectivity index (χ3n) is 3.18. The number of carbonyl (C=O) groups excluding carboxylic acids is 1. The smallest absolute Gasteiger partial charge is 0.271 e. The van der Waals surface area contributed by atoms with Crippen LogP contribution in [0.1, 0.15) is 15.9 Å². The number of hydrazone groups is 1. The average molecular weight is 348 g/mol. The zero-order valence-electron chi connectivity index (χ0n) is 12.1. The molecule has 122 valence electrons. The summed E-state index contributed by atoms with van der Waals surface area (Å²) in [6, 6.07) is 8.56. The van der Waals surface area contributed by atoms with E-state index in [4.69, 9.17) is 21.1 Å². The lowest BCUT2D eigenvalue weighted by Gasteiger charge is -2.02. The Labute approximate surface area is 140 Å². The third kappa shape index (κ3) is 3.28. The molecule has 3 rings (SSSR count). The Balaban J connectivity index is 1.71. The number of hydrogen-bond donors (Lipinski definition) is 1. The Morgan fingerprint density at radius 1 is 1.29 bits per heavy atom. The molecule has 8 nitrogen and oxygen atoms in total. The van der Waals surface area contributed by atoms with E-state index < -0.39 is 10.8 Å². The lowest BCUT2D eigenvalue weighted by atomic mass is 10.2. The minimum atomic E-state index is -0.577. The fraction of sp³-hybridized carbons (Fsp3) is 0.0667. The zero-order valence-corrected chi connectivity index (χ0v) is 12.8. The van der Waals surface area contributed by atoms with Gasteiger partial charge in [0, 0.05) is 29.3 Å². The number of benzene rings is 2. The molecule has 0 unspecified atom stereocenters. The lowest BCUT2D eigenvalue weighted by Crippen LogP contribution is -2.17. The molecule has 1 amide bonds. The number of carbonyl (C=O) groups is 1. The summed E-state index contributed by atoms with van der Waals surface area (Å²) in [5.41, 5.74) is 2.76. The second-order valence-corrected chi connectivity index (χ2v) is 5.14. The molecule has 1 heterocycles. The van der Waals surface area contributed by atoms with Gasteiger partial charge in [-0.05, 0) is 12.1 Å². The minimum Gasteiger partial charge on any atom is -0.454 e. The van der Waals surface area contributed by atoms with E-state index in [1.165, 1.54) is 30.5 Å². The van der Waals surface area contributed by atoms with Gasteiger partial charge in [0.1, 0.15) is 0 Å². The van der Waals surface area contributed by atoms with Crippen LogP contribution in [-0.4, -0.2) is 23.8 Å². The average Bonchev–Trinajstić information content (AvgIpc) is 3.02. The first-order valence-electron chi connectivity index (χ1n) is 6.71. The number of fused-ring (bicyclic) bond motifs is 1. The molecule has 2 aromatic carbocycles. The topological polar surface area (TPSA) is 103 Å². The van der Waals surface area contributed by atoms with Gasteiger partial charge in [-0.15, -0.1) is 0 Å². The summed E-state index contributed by atoms with van der Waals surface area (Å²) in [6.45, 7) is 0.121. The molecule has 1 aliphatic heterocycles. The maximum Gasteiger partial charge on any atom is 0.271 e. The molecule has 2 aromatic rings. The van der Waals surface area contributed by atoms with Crippen LogP contribution in [0.2, 0.25) is 5.02 Å². The van der Waals surface area contributed by atoms with E-state index in [1.54, 1.807) is 12.1 Å². The summed E-state index contributed by atoms with van der Waals surface area (Å²) >= 11 is 6.08. The molecule has 0 spiro atoms. The van der Waals surface area contributed by atoms with Gasteiger partial charge in [-0.3, -0.25) is 14.9 Å². The van der Waals surface area contributed by atoms with Crippen molar-refractivity contribution in [2.24, 2.45) is 5.10 Å². The Kier molecular flexibility index (Phi) is 4.30. The molecule has 0 fully saturated rings. The maximum atomic E-state index is 12.0. The van der Waals surface area contributed by atoms with Crippen molar-refractivity contribution in [3.05, 3.63) is 62.7 Å². The molecule has 0 radical (unpaired) electrons. The highest BCUT2D eigenvalue weighted by atomic mass is 35.5. The van der Waals surface area contributed by atoms with Crippen LogP contribution in [0.25, 0.3) is 0 Å². The molecule has 0 aliphatic carbocycles. The Hall–Kier alpha value is -3.13. The monoisotopic (exact) mass is 347 g/mol. The Bertz CT molecular complexity index is 853. The summed E-state index contributed by atoms with van der Waals surface area (Å²) < 4.78 is 10.4. The zero-order chi connectivity index (χ0) is 17.1. The van der Waals surface area contributed by atoms with Crippen molar-refractivity contribution >= 4 is 29.4 Å². The number of nitrogens with one attached hydrogen (secondary N) is 1. The summed E-state index contributed by atoms with van der Waals surface area (Å²) in [5.74, 6) is 0.496. The van der Waals surface area contributed by atoms with Crippen molar-refractivity contribution in [2.45, 2.75) is 0 Å². The molecular weight excluding hydrogens is 338 g/mol. The SMILES string of the molecule is O=C(NN=Cc1cc2c(cc1Cl)OCO2)c1cccc([N+](=O)[O-])c1. The van der Waals surface area contributed by atoms with Crippen LogP contribution in [0.5, 0.6) is 11.5 Å². The first-order chi connectivity index (χ1) is 11.5. The van der Waals surface area contributed by atoms with Gasteiger partial charge in [-0.25, -0.2) is 5.43 Å². The number of hydrogen-bond acceptors (Lipinski definition) is 6. The summed E-state index contributed by atoms with van der Waals surface area (Å²) in [6.07, 6.45) is 1.35. The van der Waals surface area contributed by atoms with Crippen LogP contribution in [-0.2, 0) is 0 Å². The molecule has 1 N–H and O–H groups in total. The largest absolute Gasteiger partial charge is 0.454 e. The fourth-order valence-corrected chi connectivity index (χ4v) is 2.22. The molecule has 0 saturated heterocycles. The Morgan fingerprint density at radius 3 is 2.79 bits per heavy atom. The van der Waals surface area contributed by atoms with Crippen LogP contribution in [0.3, 0.4) is 0 Å². The summed E-state index contributed by atoms with van der Waals surface area (Å²) in [4.78, 5) is 22.1. The maximum absolute atomic E-state index is 12.0. The van der Waals surface area contributed by atoms with Crippen molar-refractivity contribution in [3.63, 3.8) is 0 Å². The predicted molar refractivity (Wildman–Crippen MR) is 85.7 cm³/mol. The van der Waals surface area contributed by atoms with Gasteiger partial charge in [-0.2, -0.15) is 5.10 Å². The molecule has 0 atom stereocenters. The number of nitro groups is 1. The van der Waals surface area contributed by atoms with Gasteiger partial charge < -0.3 is 9.47 Å². The first-order valence-corrected chi connectivity index (χ1v) is 7.09. The Morgan fingerprint density at radius 2 is 2.04 bits per heavy atom. The van der Waals surface area contributed by atoms with Crippen LogP contribution >= 0.6 is 11.6 Å². The van der Waals surface area contributed by atoms with E-state index in [-0.39, 0.29) is 18.0 Å². The van der Waals surface area contributed by atoms with Gasteiger partial charge >= 0.3 is 0 Å². The number of halogens is 1. The number of nitro benzene ring substituents is 1. The van der Waals surface area contributed by atoms with Gasteiger partial charge in [0.25, 0.3) is 11.6 Å². The molecule has 0 aromatic heterocycles. The number of ether oxygens (including phenoxy) is 2. The highest BCUT2D eigenvalue weighted by Crippen LogP contribution is 2.36. The van der Waals surface area contributed by atoms with E-state index in [2.05, 4.69) is 10.5 Å². The molecular formula is C15H10ClN3O5. The molecule has 9 heteroatoms. The summed E-state index contributed by atoms with van der Waals surface area (Å²) in [5, 5.41) is 14.9. The quantitative estimate of drug-likeness (QED) is 0.520. The summed E-state index contributed by atoms with van der Waals surface area (Å²) in [7, 11) is 0. The molecule has 1 aliphatic rings. The minimum absolute atomic E-state index is 0.121. The van der Waals surface area contributed by atoms with Gasteiger partial charge in [0.05, 0.1) is 16.2 Å². The highest BCUT2D eigenvalue weighted by molar-refractivity contribution is 6.33. The molecule has 0 bridgehead atoms. The van der Waals surface area contributed by atoms with E-state index in [9.17, 15) is 14.9 Å². The van der Waals surface area contributed by atoms with Gasteiger partial charge in [0.15, 0.2) is 11.5 Å². The van der Waals surface area contributed by atoms with Crippen molar-refractivity contribution < 1.29 is 19.2 Å². The fourth-order valence-electron chi connectivity index (χ4n) is 2.02. The van der Waals surface area contributed by atoms with Crippen molar-refractivity contribution in [1.29, 1.82) is 0 Å². The number of nitrogens with zero attached hydrogens (tertiary/aromatic N) is 2. The van der Waals surface area contributed by atoms with Gasteiger partial charge in [0.2, 0.25) is 6.79 Å². The number of amides is 1. The van der Waals surface area contributed by atoms with Gasteiger partial charge in [-0.1, -0.05) is 17.7 Å². The van der Waals surface area contributed by atoms with E-state index in [0.29, 0.717) is 22.1 Å². The van der Waals surface area contributed by atoms with Crippen molar-refractivity contribution in [2.75, 3.05) is 6.79 Å². The van der Waals surface area contributed by atoms with Crippen molar-refractivity contribution in [3.8, 4) is 11.5 Å². The van der Waals surface area contributed by atoms with Crippen LogP contribution in [0.4, 0.5) is 5.69 Å². The first kappa shape index (κ1) is 15.8. The van der Waals surface area contributed by atoms with E-state index >= 15 is 0 Å². The van der Waals surface area contributed by atoms with Crippen molar-refractivity contribution in [1.82, 2.24) is 5.43 Å². The second kappa shape index (κ2) is 6.55.